The molecule has 1 fully saturated rings. The van der Waals surface area contributed by atoms with E-state index in [9.17, 15) is 9.59 Å². The minimum atomic E-state index is -0.221. The molecule has 1 heterocycles. The average molecular weight is 449 g/mol. The Labute approximate surface area is 186 Å². The van der Waals surface area contributed by atoms with Crippen molar-refractivity contribution in [1.29, 1.82) is 0 Å². The topological polar surface area (TPSA) is 87.5 Å². The number of para-hydroxylation sites is 1. The molecular formula is C22H26Cl2N4O2. The lowest BCUT2D eigenvalue weighted by molar-refractivity contribution is -0.119. The molecule has 6 nitrogen and oxygen atoms in total. The van der Waals surface area contributed by atoms with Gasteiger partial charge in [0.2, 0.25) is 5.91 Å². The zero-order chi connectivity index (χ0) is 21.7. The summed E-state index contributed by atoms with van der Waals surface area (Å²) in [6.45, 7) is 3.40. The van der Waals surface area contributed by atoms with Crippen LogP contribution >= 0.6 is 23.2 Å². The third-order valence-electron chi connectivity index (χ3n) is 5.43. The molecule has 0 radical (unpaired) electrons. The molecule has 0 spiro atoms. The number of nitrogens with two attached hydrogens (primary N) is 1. The Morgan fingerprint density at radius 1 is 1.07 bits per heavy atom. The molecule has 0 bridgehead atoms. The first-order valence-electron chi connectivity index (χ1n) is 10.00. The van der Waals surface area contributed by atoms with Crippen molar-refractivity contribution >= 4 is 46.5 Å². The Morgan fingerprint density at radius 3 is 2.23 bits per heavy atom. The van der Waals surface area contributed by atoms with Gasteiger partial charge in [0.1, 0.15) is 0 Å². The lowest BCUT2D eigenvalue weighted by Crippen LogP contribution is -2.40. The summed E-state index contributed by atoms with van der Waals surface area (Å²) in [6, 6.07) is 12.8. The van der Waals surface area contributed by atoms with Crippen molar-refractivity contribution < 1.29 is 9.59 Å². The molecule has 3 rings (SSSR count). The van der Waals surface area contributed by atoms with Crippen molar-refractivity contribution in [3.05, 3.63) is 58.1 Å². The molecule has 1 aliphatic rings. The van der Waals surface area contributed by atoms with E-state index in [1.54, 1.807) is 30.0 Å². The number of amides is 3. The molecule has 1 aliphatic heterocycles. The van der Waals surface area contributed by atoms with Gasteiger partial charge in [0, 0.05) is 31.2 Å². The molecule has 30 heavy (non-hydrogen) atoms. The first-order chi connectivity index (χ1) is 14.4. The zero-order valence-electron chi connectivity index (χ0n) is 16.8. The summed E-state index contributed by atoms with van der Waals surface area (Å²) in [5, 5.41) is 6.52. The lowest BCUT2D eigenvalue weighted by Gasteiger charge is -2.32. The third kappa shape index (κ3) is 5.45. The van der Waals surface area contributed by atoms with E-state index in [2.05, 4.69) is 10.6 Å². The number of likely N-dealkylation sites (tertiary alicyclic amines) is 1. The van der Waals surface area contributed by atoms with Crippen LogP contribution in [0.2, 0.25) is 10.0 Å². The van der Waals surface area contributed by atoms with Gasteiger partial charge in [-0.25, -0.2) is 4.79 Å². The van der Waals surface area contributed by atoms with Gasteiger partial charge < -0.3 is 21.3 Å². The van der Waals surface area contributed by atoms with Gasteiger partial charge in [-0.05, 0) is 48.6 Å². The van der Waals surface area contributed by atoms with E-state index < -0.39 is 0 Å². The van der Waals surface area contributed by atoms with Crippen molar-refractivity contribution in [1.82, 2.24) is 4.90 Å². The number of nitrogens with zero attached hydrogens (tertiary/aromatic N) is 1. The van der Waals surface area contributed by atoms with E-state index in [-0.39, 0.29) is 17.9 Å². The summed E-state index contributed by atoms with van der Waals surface area (Å²) in [5.41, 5.74) is 7.94. The largest absolute Gasteiger partial charge is 0.330 e. The van der Waals surface area contributed by atoms with Gasteiger partial charge in [0.15, 0.2) is 0 Å². The van der Waals surface area contributed by atoms with Crippen LogP contribution in [-0.2, 0) is 4.79 Å². The van der Waals surface area contributed by atoms with Crippen LogP contribution in [0.15, 0.2) is 42.5 Å². The van der Waals surface area contributed by atoms with Crippen LogP contribution in [0.5, 0.6) is 0 Å². The Hall–Kier alpha value is -2.28. The third-order valence-corrected chi connectivity index (χ3v) is 6.06. The van der Waals surface area contributed by atoms with Crippen LogP contribution in [0.25, 0.3) is 0 Å². The van der Waals surface area contributed by atoms with Crippen LogP contribution in [0.3, 0.4) is 0 Å². The molecule has 0 saturated carbocycles. The van der Waals surface area contributed by atoms with Gasteiger partial charge in [-0.15, -0.1) is 0 Å². The van der Waals surface area contributed by atoms with Crippen molar-refractivity contribution in [2.45, 2.75) is 25.7 Å². The number of anilines is 2. The first kappa shape index (κ1) is 22.4. The van der Waals surface area contributed by atoms with Gasteiger partial charge in [-0.3, -0.25) is 4.79 Å². The SMILES string of the molecule is CC(CN)C(=O)Nc1ccc(C2CCN(C(=O)Nc3c(Cl)cccc3Cl)CC2)cc1. The number of piperidine rings is 1. The molecule has 1 saturated heterocycles. The molecule has 1 unspecified atom stereocenters. The Morgan fingerprint density at radius 2 is 1.67 bits per heavy atom. The second-order valence-electron chi connectivity index (χ2n) is 7.54. The van der Waals surface area contributed by atoms with Gasteiger partial charge >= 0.3 is 6.03 Å². The summed E-state index contributed by atoms with van der Waals surface area (Å²) < 4.78 is 0. The molecule has 160 valence electrons. The monoisotopic (exact) mass is 448 g/mol. The predicted molar refractivity (Wildman–Crippen MR) is 122 cm³/mol. The minimum Gasteiger partial charge on any atom is -0.330 e. The van der Waals surface area contributed by atoms with Crippen molar-refractivity contribution in [2.75, 3.05) is 30.3 Å². The first-order valence-corrected chi connectivity index (χ1v) is 10.8. The quantitative estimate of drug-likeness (QED) is 0.605. The second kappa shape index (κ2) is 10.2. The number of benzene rings is 2. The molecule has 3 amide bonds. The predicted octanol–water partition coefficient (Wildman–Crippen LogP) is 4.94. The lowest BCUT2D eigenvalue weighted by atomic mass is 9.89. The van der Waals surface area contributed by atoms with Crippen LogP contribution in [0.4, 0.5) is 16.2 Å². The highest BCUT2D eigenvalue weighted by Crippen LogP contribution is 2.32. The number of halogens is 2. The number of nitrogens with one attached hydrogen (secondary N) is 2. The van der Waals surface area contributed by atoms with Crippen LogP contribution in [0, 0.1) is 5.92 Å². The normalized spacial score (nSPS) is 15.5. The van der Waals surface area contributed by atoms with Gasteiger partial charge in [0.25, 0.3) is 0 Å². The maximum absolute atomic E-state index is 12.6. The summed E-state index contributed by atoms with van der Waals surface area (Å²) >= 11 is 12.3. The fraction of sp³-hybridized carbons (Fsp3) is 0.364. The van der Waals surface area contributed by atoms with Crippen LogP contribution in [0.1, 0.15) is 31.2 Å². The minimum absolute atomic E-state index is 0.0804. The number of hydrogen-bond acceptors (Lipinski definition) is 3. The number of rotatable bonds is 5. The number of carbonyl (C=O) groups is 2. The average Bonchev–Trinajstić information content (AvgIpc) is 2.76. The van der Waals surface area contributed by atoms with Crippen LogP contribution in [-0.4, -0.2) is 36.5 Å². The summed E-state index contributed by atoms with van der Waals surface area (Å²) in [6.07, 6.45) is 1.72. The maximum atomic E-state index is 12.6. The van der Waals surface area contributed by atoms with E-state index in [1.807, 2.05) is 24.3 Å². The van der Waals surface area contributed by atoms with E-state index in [0.717, 1.165) is 18.5 Å². The fourth-order valence-corrected chi connectivity index (χ4v) is 3.92. The standard InChI is InChI=1S/C22H26Cl2N4O2/c1-14(13-25)21(29)26-17-7-5-15(6-8-17)16-9-11-28(12-10-16)22(30)27-20-18(23)3-2-4-19(20)24/h2-8,14,16H,9-13,25H2,1H3,(H,26,29)(H,27,30). The van der Waals surface area contributed by atoms with Crippen LogP contribution < -0.4 is 16.4 Å². The molecule has 1 atom stereocenters. The zero-order valence-corrected chi connectivity index (χ0v) is 18.3. The summed E-state index contributed by atoms with van der Waals surface area (Å²) in [4.78, 5) is 26.3. The molecular weight excluding hydrogens is 423 g/mol. The summed E-state index contributed by atoms with van der Waals surface area (Å²) in [5.74, 6) is 0.0645. The molecule has 0 aliphatic carbocycles. The number of urea groups is 1. The smallest absolute Gasteiger partial charge is 0.321 e. The maximum Gasteiger partial charge on any atom is 0.321 e. The highest BCUT2D eigenvalue weighted by Gasteiger charge is 2.24. The Kier molecular flexibility index (Phi) is 7.58. The van der Waals surface area contributed by atoms with Crippen molar-refractivity contribution in [3.8, 4) is 0 Å². The van der Waals surface area contributed by atoms with E-state index in [0.29, 0.717) is 41.3 Å². The summed E-state index contributed by atoms with van der Waals surface area (Å²) in [7, 11) is 0. The van der Waals surface area contributed by atoms with E-state index in [1.165, 1.54) is 5.56 Å². The Bertz CT molecular complexity index is 876. The number of hydrogen-bond donors (Lipinski definition) is 3. The van der Waals surface area contributed by atoms with Gasteiger partial charge in [-0.2, -0.15) is 0 Å². The number of carbonyl (C=O) groups excluding carboxylic acids is 2. The van der Waals surface area contributed by atoms with E-state index in [4.69, 9.17) is 28.9 Å². The van der Waals surface area contributed by atoms with Crippen molar-refractivity contribution in [3.63, 3.8) is 0 Å². The van der Waals surface area contributed by atoms with Gasteiger partial charge in [0.05, 0.1) is 15.7 Å². The van der Waals surface area contributed by atoms with Gasteiger partial charge in [-0.1, -0.05) is 48.3 Å². The molecule has 8 heteroatoms. The van der Waals surface area contributed by atoms with E-state index >= 15 is 0 Å². The fourth-order valence-electron chi connectivity index (χ4n) is 3.43. The highest BCUT2D eigenvalue weighted by atomic mass is 35.5. The molecule has 0 aromatic heterocycles. The second-order valence-corrected chi connectivity index (χ2v) is 8.35. The highest BCUT2D eigenvalue weighted by molar-refractivity contribution is 6.39. The molecule has 2 aromatic rings. The molecule has 2 aromatic carbocycles. The molecule has 4 N–H and O–H groups in total. The van der Waals surface area contributed by atoms with Crippen molar-refractivity contribution in [2.24, 2.45) is 11.7 Å². The Balaban J connectivity index is 1.54.